The Labute approximate surface area is 161 Å². The highest BCUT2D eigenvalue weighted by molar-refractivity contribution is 6.16. The monoisotopic (exact) mass is 367 g/mol. The summed E-state index contributed by atoms with van der Waals surface area (Å²) >= 11 is 0. The number of nitrogens with zero attached hydrogens (tertiary/aromatic N) is 1. The molecule has 0 spiro atoms. The van der Waals surface area contributed by atoms with Crippen molar-refractivity contribution in [3.8, 4) is 0 Å². The van der Waals surface area contributed by atoms with Gasteiger partial charge in [0.05, 0.1) is 18.3 Å². The Bertz CT molecular complexity index is 780. The van der Waals surface area contributed by atoms with Crippen molar-refractivity contribution in [1.82, 2.24) is 4.90 Å². The Morgan fingerprint density at radius 3 is 2.33 bits per heavy atom. The van der Waals surface area contributed by atoms with Crippen molar-refractivity contribution < 1.29 is 14.3 Å². The highest BCUT2D eigenvalue weighted by Gasteiger charge is 2.40. The first-order valence-corrected chi connectivity index (χ1v) is 9.88. The molecule has 1 saturated carbocycles. The van der Waals surface area contributed by atoms with Crippen LogP contribution in [0.1, 0.15) is 69.9 Å². The number of carbonyl (C=O) groups is 2. The van der Waals surface area contributed by atoms with E-state index in [1.165, 1.54) is 19.1 Å². The minimum atomic E-state index is -0.441. The Morgan fingerprint density at radius 1 is 1.15 bits per heavy atom. The summed E-state index contributed by atoms with van der Waals surface area (Å²) in [4.78, 5) is 27.5. The second kappa shape index (κ2) is 8.12. The molecular weight excluding hydrogens is 338 g/mol. The van der Waals surface area contributed by atoms with Crippen molar-refractivity contribution in [3.05, 3.63) is 52.2 Å². The van der Waals surface area contributed by atoms with Gasteiger partial charge in [-0.25, -0.2) is 4.79 Å². The average Bonchev–Trinajstić information content (AvgIpc) is 2.92. The lowest BCUT2D eigenvalue weighted by Crippen LogP contribution is -2.37. The predicted molar refractivity (Wildman–Crippen MR) is 107 cm³/mol. The van der Waals surface area contributed by atoms with Gasteiger partial charge >= 0.3 is 5.97 Å². The van der Waals surface area contributed by atoms with Crippen LogP contribution in [0.2, 0.25) is 0 Å². The number of methoxy groups -OCH3 is 1. The number of carbonyl (C=O) groups excluding carboxylic acids is 2. The number of rotatable bonds is 4. The Balaban J connectivity index is 1.99. The Morgan fingerprint density at radius 2 is 1.78 bits per heavy atom. The van der Waals surface area contributed by atoms with Gasteiger partial charge in [-0.05, 0) is 42.9 Å². The second-order valence-corrected chi connectivity index (χ2v) is 7.80. The predicted octanol–water partition coefficient (Wildman–Crippen LogP) is 4.82. The molecule has 1 aromatic rings. The van der Waals surface area contributed by atoms with E-state index in [1.807, 2.05) is 30.0 Å². The average molecular weight is 367 g/mol. The first-order valence-electron chi connectivity index (χ1n) is 9.88. The van der Waals surface area contributed by atoms with Crippen LogP contribution in [0.5, 0.6) is 0 Å². The number of esters is 1. The number of hydrogen-bond donors (Lipinski definition) is 0. The maximum Gasteiger partial charge on any atom is 0.340 e. The first kappa shape index (κ1) is 19.4. The standard InChI is InChI=1S/C23H29NO3/c1-15(2)18-12-10-17(11-13-18)14-20-21(23(26)27-4)16(3)24(22(20)25)19-8-6-5-7-9-19/h10-15,19H,5-9H2,1-4H3/b20-14-. The molecule has 4 nitrogen and oxygen atoms in total. The highest BCUT2D eigenvalue weighted by Crippen LogP contribution is 2.36. The van der Waals surface area contributed by atoms with Gasteiger partial charge in [0.25, 0.3) is 5.91 Å². The maximum absolute atomic E-state index is 13.2. The molecule has 1 aliphatic carbocycles. The first-order chi connectivity index (χ1) is 12.9. The summed E-state index contributed by atoms with van der Waals surface area (Å²) in [7, 11) is 1.37. The fourth-order valence-electron chi connectivity index (χ4n) is 4.12. The van der Waals surface area contributed by atoms with Crippen molar-refractivity contribution in [2.24, 2.45) is 0 Å². The molecule has 0 bridgehead atoms. The molecule has 0 unspecified atom stereocenters. The highest BCUT2D eigenvalue weighted by atomic mass is 16.5. The summed E-state index contributed by atoms with van der Waals surface area (Å²) in [6.45, 7) is 6.16. The molecule has 1 heterocycles. The van der Waals surface area contributed by atoms with Crippen molar-refractivity contribution in [1.29, 1.82) is 0 Å². The van der Waals surface area contributed by atoms with E-state index < -0.39 is 5.97 Å². The van der Waals surface area contributed by atoms with Crippen molar-refractivity contribution >= 4 is 18.0 Å². The zero-order chi connectivity index (χ0) is 19.6. The number of benzene rings is 1. The molecule has 0 N–H and O–H groups in total. The Hall–Kier alpha value is -2.36. The van der Waals surface area contributed by atoms with Crippen molar-refractivity contribution in [2.45, 2.75) is 64.8 Å². The fourth-order valence-corrected chi connectivity index (χ4v) is 4.12. The van der Waals surface area contributed by atoms with Crippen LogP contribution in [0.4, 0.5) is 0 Å². The molecule has 0 radical (unpaired) electrons. The van der Waals surface area contributed by atoms with Gasteiger partial charge in [0.1, 0.15) is 0 Å². The van der Waals surface area contributed by atoms with E-state index in [2.05, 4.69) is 26.0 Å². The minimum absolute atomic E-state index is 0.0762. The molecule has 0 aromatic heterocycles. The van der Waals surface area contributed by atoms with E-state index in [0.29, 0.717) is 17.1 Å². The zero-order valence-corrected chi connectivity index (χ0v) is 16.7. The SMILES string of the molecule is COC(=O)C1=C(C)N(C2CCCCC2)C(=O)/C1=C\c1ccc(C(C)C)cc1. The van der Waals surface area contributed by atoms with E-state index in [-0.39, 0.29) is 11.9 Å². The molecule has 1 fully saturated rings. The van der Waals surface area contributed by atoms with Crippen LogP contribution in [0, 0.1) is 0 Å². The quantitative estimate of drug-likeness (QED) is 0.566. The molecular formula is C23H29NO3. The third-order valence-corrected chi connectivity index (χ3v) is 5.69. The van der Waals surface area contributed by atoms with E-state index in [0.717, 1.165) is 36.9 Å². The van der Waals surface area contributed by atoms with Gasteiger partial charge in [0.15, 0.2) is 0 Å². The molecule has 1 amide bonds. The van der Waals surface area contributed by atoms with Gasteiger partial charge in [-0.3, -0.25) is 4.79 Å². The maximum atomic E-state index is 13.2. The number of allylic oxidation sites excluding steroid dienone is 1. The molecule has 0 saturated heterocycles. The van der Waals surface area contributed by atoms with Gasteiger partial charge < -0.3 is 9.64 Å². The molecule has 1 aromatic carbocycles. The number of amides is 1. The number of hydrogen-bond acceptors (Lipinski definition) is 3. The van der Waals surface area contributed by atoms with Crippen LogP contribution >= 0.6 is 0 Å². The third-order valence-electron chi connectivity index (χ3n) is 5.69. The summed E-state index contributed by atoms with van der Waals surface area (Å²) in [5.74, 6) is -0.0636. The lowest BCUT2D eigenvalue weighted by atomic mass is 9.94. The molecule has 2 aliphatic rings. The zero-order valence-electron chi connectivity index (χ0n) is 16.7. The van der Waals surface area contributed by atoms with Crippen molar-refractivity contribution in [3.63, 3.8) is 0 Å². The lowest BCUT2D eigenvalue weighted by Gasteiger charge is -2.32. The van der Waals surface area contributed by atoms with Crippen LogP contribution in [0.3, 0.4) is 0 Å². The van der Waals surface area contributed by atoms with Gasteiger partial charge in [-0.1, -0.05) is 57.4 Å². The molecule has 0 atom stereocenters. The van der Waals surface area contributed by atoms with E-state index in [1.54, 1.807) is 0 Å². The largest absolute Gasteiger partial charge is 0.465 e. The second-order valence-electron chi connectivity index (χ2n) is 7.80. The van der Waals surface area contributed by atoms with Crippen LogP contribution in [0.15, 0.2) is 41.1 Å². The molecule has 1 aliphatic heterocycles. The summed E-state index contributed by atoms with van der Waals surface area (Å²) in [5, 5.41) is 0. The van der Waals surface area contributed by atoms with Crippen LogP contribution in [0.25, 0.3) is 6.08 Å². The van der Waals surface area contributed by atoms with E-state index >= 15 is 0 Å². The summed E-state index contributed by atoms with van der Waals surface area (Å²) in [6.07, 6.45) is 7.29. The normalized spacial score (nSPS) is 20.1. The smallest absolute Gasteiger partial charge is 0.340 e. The summed E-state index contributed by atoms with van der Waals surface area (Å²) in [6, 6.07) is 8.33. The minimum Gasteiger partial charge on any atom is -0.465 e. The molecule has 27 heavy (non-hydrogen) atoms. The van der Waals surface area contributed by atoms with Crippen molar-refractivity contribution in [2.75, 3.05) is 7.11 Å². The van der Waals surface area contributed by atoms with E-state index in [9.17, 15) is 9.59 Å². The topological polar surface area (TPSA) is 46.6 Å². The Kier molecular flexibility index (Phi) is 5.83. The van der Waals surface area contributed by atoms with Gasteiger partial charge in [0, 0.05) is 11.7 Å². The lowest BCUT2D eigenvalue weighted by molar-refractivity contribution is -0.136. The summed E-state index contributed by atoms with van der Waals surface area (Å²) in [5.41, 5.74) is 3.74. The third kappa shape index (κ3) is 3.85. The fraction of sp³-hybridized carbons (Fsp3) is 0.478. The molecule has 4 heteroatoms. The number of ether oxygens (including phenoxy) is 1. The van der Waals surface area contributed by atoms with Crippen LogP contribution in [-0.2, 0) is 14.3 Å². The van der Waals surface area contributed by atoms with Gasteiger partial charge in [0.2, 0.25) is 0 Å². The van der Waals surface area contributed by atoms with Gasteiger partial charge in [-0.15, -0.1) is 0 Å². The van der Waals surface area contributed by atoms with Gasteiger partial charge in [-0.2, -0.15) is 0 Å². The summed E-state index contributed by atoms with van der Waals surface area (Å²) < 4.78 is 4.99. The van der Waals surface area contributed by atoms with Crippen LogP contribution < -0.4 is 0 Å². The van der Waals surface area contributed by atoms with E-state index in [4.69, 9.17) is 4.74 Å². The van der Waals surface area contributed by atoms with Crippen LogP contribution in [-0.4, -0.2) is 29.9 Å². The molecule has 144 valence electrons. The molecule has 3 rings (SSSR count).